The molecule has 1 unspecified atom stereocenters. The highest BCUT2D eigenvalue weighted by Gasteiger charge is 2.34. The molecule has 0 heterocycles. The summed E-state index contributed by atoms with van der Waals surface area (Å²) in [4.78, 5) is 24.4. The second-order valence-corrected chi connectivity index (χ2v) is 12.2. The van der Waals surface area contributed by atoms with E-state index in [1.807, 2.05) is 0 Å². The first-order valence-corrected chi connectivity index (χ1v) is 15.9. The second-order valence-electron chi connectivity index (χ2n) is 12.2. The number of carbonyl (C=O) groups excluding carboxylic acids is 2. The topological polar surface area (TPSA) is 63.6 Å². The van der Waals surface area contributed by atoms with Crippen LogP contribution in [0.4, 0.5) is 0 Å². The third kappa shape index (κ3) is 13.1. The molecule has 4 heteroatoms. The molecular weight excluding hydrogens is 448 g/mol. The number of rotatable bonds is 20. The number of unbranched alkanes of at least 4 members (excludes halogenated alkanes) is 10. The predicted octanol–water partition coefficient (Wildman–Crippen LogP) is 8.57. The van der Waals surface area contributed by atoms with E-state index in [4.69, 9.17) is 4.74 Å². The first-order chi connectivity index (χ1) is 17.5. The molecule has 0 aliphatic heterocycles. The molecule has 0 aromatic heterocycles. The van der Waals surface area contributed by atoms with Crippen molar-refractivity contribution in [3.63, 3.8) is 0 Å². The second kappa shape index (κ2) is 19.2. The van der Waals surface area contributed by atoms with Crippen molar-refractivity contribution in [1.82, 2.24) is 0 Å². The zero-order valence-electron chi connectivity index (χ0n) is 23.8. The molecule has 0 radical (unpaired) electrons. The van der Waals surface area contributed by atoms with E-state index in [2.05, 4.69) is 13.8 Å². The summed E-state index contributed by atoms with van der Waals surface area (Å²) in [6.07, 6.45) is 24.0. The molecule has 2 fully saturated rings. The standard InChI is InChI=1S/C32H58O4/c1-3-4-5-6-7-8-11-14-25-36-32(35)16-13-10-9-12-15-29-27(22-24-31(29)34)21-23-30(33)28-19-17-26(2)18-20-28/h26-30,33H,3-25H2,1-2H3/t26?,27-,28?,29+,30?/m0/s1. The summed E-state index contributed by atoms with van der Waals surface area (Å²) in [6, 6.07) is 0. The lowest BCUT2D eigenvalue weighted by molar-refractivity contribution is -0.143. The van der Waals surface area contributed by atoms with Crippen LogP contribution in [-0.2, 0) is 14.3 Å². The average molecular weight is 507 g/mol. The minimum atomic E-state index is -0.177. The first kappa shape index (κ1) is 31.3. The number of esters is 1. The molecule has 0 aromatic carbocycles. The van der Waals surface area contributed by atoms with Crippen molar-refractivity contribution < 1.29 is 19.4 Å². The number of carbonyl (C=O) groups is 2. The van der Waals surface area contributed by atoms with E-state index in [0.717, 1.165) is 70.1 Å². The van der Waals surface area contributed by atoms with Crippen molar-refractivity contribution in [2.75, 3.05) is 6.61 Å². The first-order valence-electron chi connectivity index (χ1n) is 15.9. The Morgan fingerprint density at radius 3 is 2.22 bits per heavy atom. The normalized spacial score (nSPS) is 25.2. The molecule has 2 saturated carbocycles. The molecule has 210 valence electrons. The molecular formula is C32H58O4. The third-order valence-corrected chi connectivity index (χ3v) is 9.09. The van der Waals surface area contributed by atoms with E-state index in [0.29, 0.717) is 30.6 Å². The van der Waals surface area contributed by atoms with Gasteiger partial charge in [-0.2, -0.15) is 0 Å². The molecule has 36 heavy (non-hydrogen) atoms. The van der Waals surface area contributed by atoms with Gasteiger partial charge < -0.3 is 9.84 Å². The van der Waals surface area contributed by atoms with Crippen LogP contribution in [0.25, 0.3) is 0 Å². The number of hydrogen-bond donors (Lipinski definition) is 1. The predicted molar refractivity (Wildman–Crippen MR) is 149 cm³/mol. The molecule has 2 aliphatic rings. The Kier molecular flexibility index (Phi) is 16.7. The molecule has 2 aliphatic carbocycles. The Bertz CT molecular complexity index is 581. The minimum absolute atomic E-state index is 0.0463. The van der Waals surface area contributed by atoms with Crippen LogP contribution in [0.5, 0.6) is 0 Å². The summed E-state index contributed by atoms with van der Waals surface area (Å²) < 4.78 is 5.39. The molecule has 0 amide bonds. The van der Waals surface area contributed by atoms with Crippen molar-refractivity contribution >= 4 is 11.8 Å². The van der Waals surface area contributed by atoms with Gasteiger partial charge >= 0.3 is 5.97 Å². The van der Waals surface area contributed by atoms with Gasteiger partial charge in [0.15, 0.2) is 0 Å². The van der Waals surface area contributed by atoms with Crippen LogP contribution in [0.2, 0.25) is 0 Å². The van der Waals surface area contributed by atoms with Crippen LogP contribution in [0.3, 0.4) is 0 Å². The Morgan fingerprint density at radius 1 is 0.861 bits per heavy atom. The lowest BCUT2D eigenvalue weighted by atomic mass is 9.78. The summed E-state index contributed by atoms with van der Waals surface area (Å²) in [5.74, 6) is 2.38. The molecule has 0 bridgehead atoms. The maximum atomic E-state index is 12.5. The number of hydrogen-bond acceptors (Lipinski definition) is 4. The Morgan fingerprint density at radius 2 is 1.50 bits per heavy atom. The highest BCUT2D eigenvalue weighted by atomic mass is 16.5. The van der Waals surface area contributed by atoms with Gasteiger partial charge in [-0.25, -0.2) is 0 Å². The molecule has 0 saturated heterocycles. The zero-order chi connectivity index (χ0) is 26.0. The van der Waals surface area contributed by atoms with Crippen molar-refractivity contribution in [2.24, 2.45) is 23.7 Å². The fourth-order valence-electron chi connectivity index (χ4n) is 6.49. The van der Waals surface area contributed by atoms with Gasteiger partial charge in [0.1, 0.15) is 5.78 Å². The van der Waals surface area contributed by atoms with Gasteiger partial charge in [0.05, 0.1) is 12.7 Å². The molecule has 1 N–H and O–H groups in total. The van der Waals surface area contributed by atoms with Crippen molar-refractivity contribution in [3.8, 4) is 0 Å². The monoisotopic (exact) mass is 506 g/mol. The van der Waals surface area contributed by atoms with Crippen molar-refractivity contribution in [3.05, 3.63) is 0 Å². The van der Waals surface area contributed by atoms with Gasteiger partial charge in [0, 0.05) is 18.8 Å². The van der Waals surface area contributed by atoms with Crippen molar-refractivity contribution in [1.29, 1.82) is 0 Å². The van der Waals surface area contributed by atoms with Crippen LogP contribution < -0.4 is 0 Å². The minimum Gasteiger partial charge on any atom is -0.466 e. The van der Waals surface area contributed by atoms with E-state index >= 15 is 0 Å². The molecule has 0 aromatic rings. The summed E-state index contributed by atoms with van der Waals surface area (Å²) in [5.41, 5.74) is 0. The molecule has 3 atom stereocenters. The van der Waals surface area contributed by atoms with Crippen molar-refractivity contribution in [2.45, 2.75) is 161 Å². The highest BCUT2D eigenvalue weighted by molar-refractivity contribution is 5.83. The van der Waals surface area contributed by atoms with Gasteiger partial charge in [0.2, 0.25) is 0 Å². The van der Waals surface area contributed by atoms with Gasteiger partial charge in [-0.05, 0) is 69.1 Å². The van der Waals surface area contributed by atoms with Gasteiger partial charge in [-0.3, -0.25) is 9.59 Å². The molecule has 4 nitrogen and oxygen atoms in total. The third-order valence-electron chi connectivity index (χ3n) is 9.09. The van der Waals surface area contributed by atoms with E-state index in [1.54, 1.807) is 0 Å². The van der Waals surface area contributed by atoms with Gasteiger partial charge in [-0.15, -0.1) is 0 Å². The number of aliphatic hydroxyl groups is 1. The summed E-state index contributed by atoms with van der Waals surface area (Å²) in [5, 5.41) is 10.7. The van der Waals surface area contributed by atoms with Crippen LogP contribution in [0.15, 0.2) is 0 Å². The Hall–Kier alpha value is -0.900. The van der Waals surface area contributed by atoms with E-state index in [1.165, 1.54) is 70.6 Å². The zero-order valence-corrected chi connectivity index (χ0v) is 23.8. The Balaban J connectivity index is 1.46. The fourth-order valence-corrected chi connectivity index (χ4v) is 6.49. The fraction of sp³-hybridized carbons (Fsp3) is 0.938. The maximum Gasteiger partial charge on any atom is 0.305 e. The smallest absolute Gasteiger partial charge is 0.305 e. The number of Topliss-reactive ketones (excluding diaryl/α,β-unsaturated/α-hetero) is 1. The van der Waals surface area contributed by atoms with E-state index < -0.39 is 0 Å². The van der Waals surface area contributed by atoms with Crippen LogP contribution >= 0.6 is 0 Å². The lowest BCUT2D eigenvalue weighted by Crippen LogP contribution is -2.26. The van der Waals surface area contributed by atoms with Gasteiger partial charge in [0.25, 0.3) is 0 Å². The van der Waals surface area contributed by atoms with Crippen LogP contribution in [0, 0.1) is 23.7 Å². The lowest BCUT2D eigenvalue weighted by Gasteiger charge is -2.30. The average Bonchev–Trinajstić information content (AvgIpc) is 3.23. The van der Waals surface area contributed by atoms with Crippen LogP contribution in [0.1, 0.15) is 155 Å². The maximum absolute atomic E-state index is 12.5. The summed E-state index contributed by atoms with van der Waals surface area (Å²) in [6.45, 7) is 5.14. The number of aliphatic hydroxyl groups excluding tert-OH is 1. The Labute approximate surface area is 222 Å². The molecule has 2 rings (SSSR count). The van der Waals surface area contributed by atoms with E-state index in [9.17, 15) is 14.7 Å². The summed E-state index contributed by atoms with van der Waals surface area (Å²) >= 11 is 0. The van der Waals surface area contributed by atoms with E-state index in [-0.39, 0.29) is 18.0 Å². The summed E-state index contributed by atoms with van der Waals surface area (Å²) in [7, 11) is 0. The van der Waals surface area contributed by atoms with Gasteiger partial charge in [-0.1, -0.05) is 90.9 Å². The largest absolute Gasteiger partial charge is 0.466 e. The SMILES string of the molecule is CCCCCCCCCCOC(=O)CCCCCC[C@H]1C(=O)CC[C@@H]1CCC(O)C1CCC(C)CC1. The molecule has 0 spiro atoms. The highest BCUT2D eigenvalue weighted by Crippen LogP contribution is 2.38. The number of ether oxygens (including phenoxy) is 1. The van der Waals surface area contributed by atoms with Crippen LogP contribution in [-0.4, -0.2) is 29.6 Å². The quantitative estimate of drug-likeness (QED) is 0.133. The number of ketones is 1.